The van der Waals surface area contributed by atoms with Crippen LogP contribution in [0, 0.1) is 5.92 Å². The van der Waals surface area contributed by atoms with Crippen molar-refractivity contribution in [2.45, 2.75) is 45.1 Å². The second-order valence-corrected chi connectivity index (χ2v) is 4.92. The third-order valence-corrected chi connectivity index (χ3v) is 3.21. The van der Waals surface area contributed by atoms with Crippen LogP contribution in [0.2, 0.25) is 0 Å². The SMILES string of the molecule is CC(CCS)CCOCC1CCCCO1. The van der Waals surface area contributed by atoms with E-state index in [0.717, 1.165) is 37.9 Å². The topological polar surface area (TPSA) is 18.5 Å². The smallest absolute Gasteiger partial charge is 0.0808 e. The molecule has 0 amide bonds. The lowest BCUT2D eigenvalue weighted by atomic mass is 10.1. The summed E-state index contributed by atoms with van der Waals surface area (Å²) in [7, 11) is 0. The van der Waals surface area contributed by atoms with E-state index in [0.29, 0.717) is 6.10 Å². The summed E-state index contributed by atoms with van der Waals surface area (Å²) in [5, 5.41) is 0. The maximum absolute atomic E-state index is 5.64. The van der Waals surface area contributed by atoms with E-state index in [-0.39, 0.29) is 0 Å². The highest BCUT2D eigenvalue weighted by atomic mass is 32.1. The molecule has 0 bridgehead atoms. The van der Waals surface area contributed by atoms with E-state index in [9.17, 15) is 0 Å². The third kappa shape index (κ3) is 6.44. The molecule has 1 aliphatic rings. The Kier molecular flexibility index (Phi) is 7.49. The zero-order valence-electron chi connectivity index (χ0n) is 9.78. The van der Waals surface area contributed by atoms with Gasteiger partial charge in [-0.3, -0.25) is 0 Å². The Balaban J connectivity index is 1.91. The number of thiol groups is 1. The molecule has 2 nitrogen and oxygen atoms in total. The van der Waals surface area contributed by atoms with E-state index in [4.69, 9.17) is 9.47 Å². The highest BCUT2D eigenvalue weighted by Gasteiger charge is 2.13. The summed E-state index contributed by atoms with van der Waals surface area (Å²) in [6.45, 7) is 4.84. The van der Waals surface area contributed by atoms with Gasteiger partial charge in [-0.25, -0.2) is 0 Å². The second-order valence-electron chi connectivity index (χ2n) is 4.47. The van der Waals surface area contributed by atoms with Gasteiger partial charge in [0.2, 0.25) is 0 Å². The third-order valence-electron chi connectivity index (χ3n) is 2.95. The molecule has 15 heavy (non-hydrogen) atoms. The molecule has 0 aromatic heterocycles. The van der Waals surface area contributed by atoms with Crippen LogP contribution in [0.5, 0.6) is 0 Å². The predicted molar refractivity (Wildman–Crippen MR) is 66.7 cm³/mol. The summed E-state index contributed by atoms with van der Waals surface area (Å²) in [5.41, 5.74) is 0. The van der Waals surface area contributed by atoms with Crippen molar-refractivity contribution in [2.24, 2.45) is 5.92 Å². The minimum absolute atomic E-state index is 0.360. The molecule has 2 atom stereocenters. The summed E-state index contributed by atoms with van der Waals surface area (Å²) < 4.78 is 11.2. The lowest BCUT2D eigenvalue weighted by Gasteiger charge is -2.22. The highest BCUT2D eigenvalue weighted by Crippen LogP contribution is 2.13. The Morgan fingerprint density at radius 2 is 2.27 bits per heavy atom. The molecule has 0 spiro atoms. The Bertz CT molecular complexity index is 147. The van der Waals surface area contributed by atoms with E-state index >= 15 is 0 Å². The van der Waals surface area contributed by atoms with Crippen molar-refractivity contribution in [1.82, 2.24) is 0 Å². The van der Waals surface area contributed by atoms with Gasteiger partial charge in [0, 0.05) is 13.2 Å². The maximum atomic E-state index is 5.64. The Morgan fingerprint density at radius 1 is 1.40 bits per heavy atom. The molecular weight excluding hydrogens is 208 g/mol. The van der Waals surface area contributed by atoms with E-state index in [1.165, 1.54) is 25.7 Å². The average molecular weight is 232 g/mol. The standard InChI is InChI=1S/C12H24O2S/c1-11(6-9-15)5-8-13-10-12-4-2-3-7-14-12/h11-12,15H,2-10H2,1H3. The van der Waals surface area contributed by atoms with E-state index in [1.54, 1.807) is 0 Å². The van der Waals surface area contributed by atoms with Crippen molar-refractivity contribution in [3.8, 4) is 0 Å². The van der Waals surface area contributed by atoms with E-state index in [2.05, 4.69) is 19.6 Å². The first-order valence-corrected chi connectivity index (χ1v) is 6.76. The van der Waals surface area contributed by atoms with Crippen LogP contribution in [0.15, 0.2) is 0 Å². The Labute approximate surface area is 99.1 Å². The van der Waals surface area contributed by atoms with E-state index < -0.39 is 0 Å². The van der Waals surface area contributed by atoms with Crippen LogP contribution in [0.4, 0.5) is 0 Å². The molecule has 0 aromatic carbocycles. The molecule has 3 heteroatoms. The zero-order chi connectivity index (χ0) is 10.9. The van der Waals surface area contributed by atoms with Crippen molar-refractivity contribution in [3.05, 3.63) is 0 Å². The maximum Gasteiger partial charge on any atom is 0.0808 e. The second kappa shape index (κ2) is 8.43. The summed E-state index contributed by atoms with van der Waals surface area (Å²) >= 11 is 4.23. The molecule has 0 N–H and O–H groups in total. The van der Waals surface area contributed by atoms with Crippen molar-refractivity contribution < 1.29 is 9.47 Å². The van der Waals surface area contributed by atoms with Gasteiger partial charge in [0.1, 0.15) is 0 Å². The minimum Gasteiger partial charge on any atom is -0.379 e. The zero-order valence-corrected chi connectivity index (χ0v) is 10.7. The minimum atomic E-state index is 0.360. The van der Waals surface area contributed by atoms with Crippen LogP contribution in [0.3, 0.4) is 0 Å². The van der Waals surface area contributed by atoms with E-state index in [1.807, 2.05) is 0 Å². The molecule has 0 aromatic rings. The van der Waals surface area contributed by atoms with Crippen LogP contribution in [0.1, 0.15) is 39.0 Å². The number of rotatable bonds is 7. The van der Waals surface area contributed by atoms with Gasteiger partial charge in [-0.15, -0.1) is 0 Å². The molecular formula is C12H24O2S. The van der Waals surface area contributed by atoms with Crippen molar-refractivity contribution in [1.29, 1.82) is 0 Å². The fraction of sp³-hybridized carbons (Fsp3) is 1.00. The van der Waals surface area contributed by atoms with Gasteiger partial charge >= 0.3 is 0 Å². The lowest BCUT2D eigenvalue weighted by Crippen LogP contribution is -2.24. The predicted octanol–water partition coefficient (Wildman–Crippen LogP) is 2.92. The highest BCUT2D eigenvalue weighted by molar-refractivity contribution is 7.80. The monoisotopic (exact) mass is 232 g/mol. The molecule has 0 saturated carbocycles. The van der Waals surface area contributed by atoms with Crippen LogP contribution < -0.4 is 0 Å². The average Bonchev–Trinajstić information content (AvgIpc) is 2.26. The molecule has 2 unspecified atom stereocenters. The summed E-state index contributed by atoms with van der Waals surface area (Å²) in [6, 6.07) is 0. The van der Waals surface area contributed by atoms with Gasteiger partial charge in [-0.1, -0.05) is 6.92 Å². The van der Waals surface area contributed by atoms with Crippen LogP contribution >= 0.6 is 12.6 Å². The molecule has 1 rings (SSSR count). The van der Waals surface area contributed by atoms with Crippen molar-refractivity contribution in [2.75, 3.05) is 25.6 Å². The largest absolute Gasteiger partial charge is 0.379 e. The molecule has 1 saturated heterocycles. The molecule has 1 fully saturated rings. The van der Waals surface area contributed by atoms with Gasteiger partial charge in [0.05, 0.1) is 12.7 Å². The van der Waals surface area contributed by atoms with Gasteiger partial charge in [-0.2, -0.15) is 12.6 Å². The summed E-state index contributed by atoms with van der Waals surface area (Å²) in [6.07, 6.45) is 6.38. The molecule has 0 aliphatic carbocycles. The first kappa shape index (κ1) is 13.3. The summed E-state index contributed by atoms with van der Waals surface area (Å²) in [4.78, 5) is 0. The Hall–Kier alpha value is 0.270. The van der Waals surface area contributed by atoms with Gasteiger partial charge < -0.3 is 9.47 Å². The molecule has 90 valence electrons. The van der Waals surface area contributed by atoms with Crippen LogP contribution in [-0.2, 0) is 9.47 Å². The van der Waals surface area contributed by atoms with Crippen LogP contribution in [0.25, 0.3) is 0 Å². The molecule has 0 radical (unpaired) electrons. The van der Waals surface area contributed by atoms with Crippen molar-refractivity contribution >= 4 is 12.6 Å². The fourth-order valence-electron chi connectivity index (χ4n) is 1.80. The quantitative estimate of drug-likeness (QED) is 0.537. The fourth-order valence-corrected chi connectivity index (χ4v) is 2.24. The van der Waals surface area contributed by atoms with Gasteiger partial charge in [0.25, 0.3) is 0 Å². The first-order valence-electron chi connectivity index (χ1n) is 6.13. The van der Waals surface area contributed by atoms with Gasteiger partial charge in [0.15, 0.2) is 0 Å². The Morgan fingerprint density at radius 3 is 2.93 bits per heavy atom. The lowest BCUT2D eigenvalue weighted by molar-refractivity contribution is -0.0422. The molecule has 1 heterocycles. The van der Waals surface area contributed by atoms with Crippen molar-refractivity contribution in [3.63, 3.8) is 0 Å². The summed E-state index contributed by atoms with van der Waals surface area (Å²) in [5.74, 6) is 1.71. The first-order chi connectivity index (χ1) is 7.33. The normalized spacial score (nSPS) is 24.0. The number of hydrogen-bond acceptors (Lipinski definition) is 3. The van der Waals surface area contributed by atoms with Crippen LogP contribution in [-0.4, -0.2) is 31.7 Å². The number of hydrogen-bond donors (Lipinski definition) is 1. The van der Waals surface area contributed by atoms with Gasteiger partial charge in [-0.05, 0) is 43.8 Å². The number of ether oxygens (including phenoxy) is 2. The molecule has 1 aliphatic heterocycles.